The molecule has 0 saturated carbocycles. The van der Waals surface area contributed by atoms with Crippen LogP contribution in [0.4, 0.5) is 5.69 Å². The number of carbonyl (C=O) groups is 2. The van der Waals surface area contributed by atoms with Gasteiger partial charge in [-0.3, -0.25) is 4.79 Å². The van der Waals surface area contributed by atoms with E-state index in [1.54, 1.807) is 12.1 Å². The summed E-state index contributed by atoms with van der Waals surface area (Å²) in [5.74, 6) is -0.418. The summed E-state index contributed by atoms with van der Waals surface area (Å²) < 4.78 is 4.73. The minimum absolute atomic E-state index is 0.0935. The van der Waals surface area contributed by atoms with Crippen molar-refractivity contribution in [3.05, 3.63) is 29.3 Å². The van der Waals surface area contributed by atoms with Crippen molar-refractivity contribution in [1.29, 1.82) is 0 Å². The van der Waals surface area contributed by atoms with Crippen LogP contribution in [0, 0.1) is 18.8 Å². The molecule has 4 nitrogen and oxygen atoms in total. The van der Waals surface area contributed by atoms with Crippen LogP contribution in [0.15, 0.2) is 18.2 Å². The third kappa shape index (κ3) is 3.81. The number of ether oxygens (including phenoxy) is 1. The molecule has 0 saturated heterocycles. The van der Waals surface area contributed by atoms with Crippen molar-refractivity contribution < 1.29 is 14.3 Å². The van der Waals surface area contributed by atoms with Gasteiger partial charge in [0.1, 0.15) is 0 Å². The van der Waals surface area contributed by atoms with Crippen LogP contribution in [-0.4, -0.2) is 19.0 Å². The van der Waals surface area contributed by atoms with Crippen LogP contribution in [0.5, 0.6) is 0 Å². The van der Waals surface area contributed by atoms with Gasteiger partial charge >= 0.3 is 5.97 Å². The van der Waals surface area contributed by atoms with Crippen molar-refractivity contribution in [3.8, 4) is 0 Å². The molecule has 104 valence electrons. The molecule has 1 atom stereocenters. The quantitative estimate of drug-likeness (QED) is 0.849. The lowest BCUT2D eigenvalue weighted by molar-refractivity contribution is -0.120. The molecule has 1 N–H and O–H groups in total. The minimum Gasteiger partial charge on any atom is -0.465 e. The molecule has 0 fully saturated rings. The lowest BCUT2D eigenvalue weighted by Crippen LogP contribution is -2.25. The third-order valence-corrected chi connectivity index (χ3v) is 3.25. The van der Waals surface area contributed by atoms with Crippen LogP contribution in [0.2, 0.25) is 0 Å². The first kappa shape index (κ1) is 15.2. The average molecular weight is 263 g/mol. The third-order valence-electron chi connectivity index (χ3n) is 3.25. The highest BCUT2D eigenvalue weighted by Crippen LogP contribution is 2.20. The Kier molecular flexibility index (Phi) is 5.10. The lowest BCUT2D eigenvalue weighted by atomic mass is 9.97. The Balaban J connectivity index is 3.01. The Labute approximate surface area is 114 Å². The molecule has 4 heteroatoms. The molecule has 0 heterocycles. The second kappa shape index (κ2) is 6.36. The summed E-state index contributed by atoms with van der Waals surface area (Å²) >= 11 is 0. The van der Waals surface area contributed by atoms with Gasteiger partial charge in [-0.05, 0) is 25.0 Å². The topological polar surface area (TPSA) is 55.4 Å². The maximum absolute atomic E-state index is 12.0. The number of hydrogen-bond acceptors (Lipinski definition) is 3. The molecule has 1 rings (SSSR count). The summed E-state index contributed by atoms with van der Waals surface area (Å²) in [4.78, 5) is 23.7. The standard InChI is InChI=1S/C15H21NO3/c1-9(2)11(4)14(17)16-13-7-6-10(3)8-12(13)15(18)19-5/h6-9,11H,1-5H3,(H,16,17). The summed E-state index contributed by atoms with van der Waals surface area (Å²) in [5.41, 5.74) is 1.82. The van der Waals surface area contributed by atoms with Crippen LogP contribution in [0.1, 0.15) is 36.7 Å². The lowest BCUT2D eigenvalue weighted by Gasteiger charge is -2.17. The van der Waals surface area contributed by atoms with Crippen molar-refractivity contribution >= 4 is 17.6 Å². The number of anilines is 1. The van der Waals surface area contributed by atoms with Crippen LogP contribution < -0.4 is 5.32 Å². The van der Waals surface area contributed by atoms with Crippen molar-refractivity contribution in [3.63, 3.8) is 0 Å². The van der Waals surface area contributed by atoms with Crippen molar-refractivity contribution in [2.75, 3.05) is 12.4 Å². The zero-order chi connectivity index (χ0) is 14.6. The first-order valence-electron chi connectivity index (χ1n) is 6.36. The number of esters is 1. The molecule has 0 aliphatic carbocycles. The van der Waals surface area contributed by atoms with Crippen molar-refractivity contribution in [2.24, 2.45) is 11.8 Å². The predicted molar refractivity (Wildman–Crippen MR) is 75.2 cm³/mol. The summed E-state index contributed by atoms with van der Waals surface area (Å²) in [7, 11) is 1.33. The first-order valence-corrected chi connectivity index (χ1v) is 6.36. The SMILES string of the molecule is COC(=O)c1cc(C)ccc1NC(=O)C(C)C(C)C. The van der Waals surface area contributed by atoms with E-state index in [0.29, 0.717) is 11.3 Å². The zero-order valence-corrected chi connectivity index (χ0v) is 12.1. The van der Waals surface area contributed by atoms with E-state index in [1.165, 1.54) is 7.11 Å². The average Bonchev–Trinajstić information content (AvgIpc) is 2.38. The summed E-state index contributed by atoms with van der Waals surface area (Å²) in [6.07, 6.45) is 0. The predicted octanol–water partition coefficient (Wildman–Crippen LogP) is 3.01. The van der Waals surface area contributed by atoms with Crippen molar-refractivity contribution in [1.82, 2.24) is 0 Å². The highest BCUT2D eigenvalue weighted by molar-refractivity contribution is 6.02. The highest BCUT2D eigenvalue weighted by atomic mass is 16.5. The molecular formula is C15H21NO3. The minimum atomic E-state index is -0.448. The molecule has 0 aliphatic rings. The molecule has 0 spiro atoms. The number of nitrogens with one attached hydrogen (secondary N) is 1. The number of aryl methyl sites for hydroxylation is 1. The van der Waals surface area contributed by atoms with Gasteiger partial charge in [0.15, 0.2) is 0 Å². The van der Waals surface area contributed by atoms with Crippen molar-refractivity contribution in [2.45, 2.75) is 27.7 Å². The van der Waals surface area contributed by atoms with Crippen LogP contribution in [0.25, 0.3) is 0 Å². The van der Waals surface area contributed by atoms with Gasteiger partial charge in [0.05, 0.1) is 18.4 Å². The Hall–Kier alpha value is -1.84. The Bertz CT molecular complexity index is 480. The monoisotopic (exact) mass is 263 g/mol. The maximum atomic E-state index is 12.0. The van der Waals surface area contributed by atoms with Gasteiger partial charge in [0.2, 0.25) is 5.91 Å². The van der Waals surface area contributed by atoms with Crippen LogP contribution in [-0.2, 0) is 9.53 Å². The number of amides is 1. The molecule has 19 heavy (non-hydrogen) atoms. The Morgan fingerprint density at radius 3 is 2.37 bits per heavy atom. The molecule has 1 unspecified atom stereocenters. The van der Waals surface area contributed by atoms with Crippen LogP contribution >= 0.6 is 0 Å². The molecule has 0 bridgehead atoms. The fraction of sp³-hybridized carbons (Fsp3) is 0.467. The second-order valence-corrected chi connectivity index (χ2v) is 5.06. The molecular weight excluding hydrogens is 242 g/mol. The fourth-order valence-electron chi connectivity index (χ4n) is 1.60. The van der Waals surface area contributed by atoms with Crippen LogP contribution in [0.3, 0.4) is 0 Å². The Morgan fingerprint density at radius 1 is 1.21 bits per heavy atom. The largest absolute Gasteiger partial charge is 0.465 e. The number of hydrogen-bond donors (Lipinski definition) is 1. The number of rotatable bonds is 4. The zero-order valence-electron chi connectivity index (χ0n) is 12.1. The van der Waals surface area contributed by atoms with E-state index in [-0.39, 0.29) is 17.7 Å². The van der Waals surface area contributed by atoms with E-state index < -0.39 is 5.97 Å². The van der Waals surface area contributed by atoms with Gasteiger partial charge in [-0.25, -0.2) is 4.79 Å². The highest BCUT2D eigenvalue weighted by Gasteiger charge is 2.19. The smallest absolute Gasteiger partial charge is 0.339 e. The van der Waals surface area contributed by atoms with Gasteiger partial charge in [0.25, 0.3) is 0 Å². The fourth-order valence-corrected chi connectivity index (χ4v) is 1.60. The summed E-state index contributed by atoms with van der Waals surface area (Å²) in [6, 6.07) is 5.29. The first-order chi connectivity index (χ1) is 8.86. The molecule has 1 aromatic carbocycles. The van der Waals surface area contributed by atoms with Gasteiger partial charge < -0.3 is 10.1 Å². The normalized spacial score (nSPS) is 12.1. The van der Waals surface area contributed by atoms with E-state index in [1.807, 2.05) is 33.8 Å². The Morgan fingerprint density at radius 2 is 1.84 bits per heavy atom. The molecule has 0 aromatic heterocycles. The van der Waals surface area contributed by atoms with E-state index in [2.05, 4.69) is 5.32 Å². The molecule has 0 aliphatic heterocycles. The van der Waals surface area contributed by atoms with E-state index in [0.717, 1.165) is 5.56 Å². The summed E-state index contributed by atoms with van der Waals surface area (Å²) in [6.45, 7) is 7.72. The number of methoxy groups -OCH3 is 1. The maximum Gasteiger partial charge on any atom is 0.339 e. The number of carbonyl (C=O) groups excluding carboxylic acids is 2. The number of benzene rings is 1. The van der Waals surface area contributed by atoms with Gasteiger partial charge in [-0.2, -0.15) is 0 Å². The van der Waals surface area contributed by atoms with E-state index in [4.69, 9.17) is 4.74 Å². The molecule has 1 aromatic rings. The van der Waals surface area contributed by atoms with Gasteiger partial charge in [-0.1, -0.05) is 32.4 Å². The summed E-state index contributed by atoms with van der Waals surface area (Å²) in [5, 5.41) is 2.79. The van der Waals surface area contributed by atoms with E-state index >= 15 is 0 Å². The molecule has 1 amide bonds. The second-order valence-electron chi connectivity index (χ2n) is 5.06. The van der Waals surface area contributed by atoms with Gasteiger partial charge in [0, 0.05) is 5.92 Å². The molecule has 0 radical (unpaired) electrons. The van der Waals surface area contributed by atoms with Gasteiger partial charge in [-0.15, -0.1) is 0 Å². The van der Waals surface area contributed by atoms with E-state index in [9.17, 15) is 9.59 Å².